The number of rotatable bonds is 8. The van der Waals surface area contributed by atoms with E-state index in [-0.39, 0.29) is 97.3 Å². The van der Waals surface area contributed by atoms with Crippen molar-refractivity contribution in [3.63, 3.8) is 0 Å². The maximum Gasteiger partial charge on any atom is 1.00 e. The van der Waals surface area contributed by atoms with E-state index in [2.05, 4.69) is 5.32 Å². The van der Waals surface area contributed by atoms with Crippen LogP contribution in [0.1, 0.15) is 12.8 Å². The molecule has 0 saturated carbocycles. The van der Waals surface area contributed by atoms with Crippen molar-refractivity contribution in [2.75, 3.05) is 25.4 Å². The third kappa shape index (κ3) is 36.3. The molecule has 108 valence electrons. The summed E-state index contributed by atoms with van der Waals surface area (Å²) in [4.78, 5) is 19.6. The predicted molar refractivity (Wildman–Crippen MR) is 57.6 cm³/mol. The van der Waals surface area contributed by atoms with Gasteiger partial charge >= 0.3 is 59.1 Å². The fourth-order valence-corrected chi connectivity index (χ4v) is 0.953. The molecule has 0 aliphatic rings. The predicted octanol–water partition coefficient (Wildman–Crippen LogP) is -10.3. The number of hydrogen-bond acceptors (Lipinski definition) is 8. The Morgan fingerprint density at radius 2 is 1.40 bits per heavy atom. The van der Waals surface area contributed by atoms with Crippen molar-refractivity contribution in [3.05, 3.63) is 0 Å². The number of carboxylic acid groups (broad SMARTS) is 2. The standard InChI is InChI=1S/C6H11NO4.C2H7NO3S.2Na/c8-5(9)1-3-7-4-2-6(10)11;3-1-2-7(4,5)6;;/h7H,1-4H2,(H,8,9)(H,10,11);1-3H2,(H,4,5,6);;/q;;2*+1/p-2. The van der Waals surface area contributed by atoms with Crippen molar-refractivity contribution >= 4 is 22.1 Å². The van der Waals surface area contributed by atoms with Crippen molar-refractivity contribution in [2.24, 2.45) is 5.73 Å². The summed E-state index contributed by atoms with van der Waals surface area (Å²) in [6, 6.07) is 0. The van der Waals surface area contributed by atoms with E-state index in [9.17, 15) is 28.2 Å². The van der Waals surface area contributed by atoms with Gasteiger partial charge in [-0.15, -0.1) is 0 Å². The summed E-state index contributed by atoms with van der Waals surface area (Å²) in [7, 11) is -3.80. The molecule has 0 aliphatic heterocycles. The first-order chi connectivity index (χ1) is 8.19. The topological polar surface area (TPSA) is 173 Å². The van der Waals surface area contributed by atoms with Crippen LogP contribution in [0, 0.1) is 0 Å². The molecular weight excluding hydrogens is 314 g/mol. The third-order valence-corrected chi connectivity index (χ3v) is 2.14. The van der Waals surface area contributed by atoms with E-state index in [4.69, 9.17) is 10.3 Å². The molecule has 0 radical (unpaired) electrons. The second-order valence-corrected chi connectivity index (χ2v) is 4.64. The van der Waals surface area contributed by atoms with E-state index in [0.29, 0.717) is 0 Å². The van der Waals surface area contributed by atoms with Gasteiger partial charge in [-0.2, -0.15) is 8.42 Å². The second kappa shape index (κ2) is 17.8. The molecule has 0 aromatic heterocycles. The number of nitrogens with one attached hydrogen (secondary N) is 1. The van der Waals surface area contributed by atoms with Gasteiger partial charge in [0.2, 0.25) is 0 Å². The smallest absolute Gasteiger partial charge is 0.550 e. The Morgan fingerprint density at radius 3 is 1.55 bits per heavy atom. The Bertz CT molecular complexity index is 335. The van der Waals surface area contributed by atoms with Gasteiger partial charge in [0.05, 0.1) is 5.75 Å². The van der Waals surface area contributed by atoms with Crippen LogP contribution in [-0.4, -0.2) is 50.3 Å². The quantitative estimate of drug-likeness (QED) is 0.222. The molecule has 0 fully saturated rings. The molecule has 0 aromatic rings. The Hall–Kier alpha value is 0.770. The number of carbonyl (C=O) groups excluding carboxylic acids is 2. The van der Waals surface area contributed by atoms with E-state index >= 15 is 0 Å². The van der Waals surface area contributed by atoms with Crippen molar-refractivity contribution in [3.8, 4) is 0 Å². The molecule has 0 amide bonds. The Balaban J connectivity index is -0.000000126. The van der Waals surface area contributed by atoms with Crippen molar-refractivity contribution in [2.45, 2.75) is 12.8 Å². The summed E-state index contributed by atoms with van der Waals surface area (Å²) in [5.74, 6) is -2.65. The van der Waals surface area contributed by atoms with Gasteiger partial charge in [-0.1, -0.05) is 0 Å². The van der Waals surface area contributed by atoms with Crippen LogP contribution in [-0.2, 0) is 19.7 Å². The van der Waals surface area contributed by atoms with Gasteiger partial charge in [-0.05, 0) is 12.8 Å². The third-order valence-electron chi connectivity index (χ3n) is 1.39. The largest absolute Gasteiger partial charge is 1.00 e. The first kappa shape index (κ1) is 28.9. The first-order valence-electron chi connectivity index (χ1n) is 4.94. The SMILES string of the molecule is NCCS(=O)(=O)O.O=C([O-])CCNCCC(=O)[O-].[Na+].[Na+]. The fourth-order valence-electron chi connectivity index (χ4n) is 0.655. The van der Waals surface area contributed by atoms with Gasteiger partial charge in [-0.3, -0.25) is 4.55 Å². The molecule has 0 heterocycles. The van der Waals surface area contributed by atoms with Crippen LogP contribution in [0.15, 0.2) is 0 Å². The van der Waals surface area contributed by atoms with E-state index in [1.807, 2.05) is 0 Å². The zero-order valence-electron chi connectivity index (χ0n) is 11.6. The Morgan fingerprint density at radius 1 is 1.05 bits per heavy atom. The Kier molecular flexibility index (Phi) is 25.7. The molecule has 0 spiro atoms. The van der Waals surface area contributed by atoms with E-state index in [1.165, 1.54) is 0 Å². The summed E-state index contributed by atoms with van der Waals surface area (Å²) in [6.07, 6.45) is -0.208. The minimum atomic E-state index is -3.80. The number of hydrogen-bond donors (Lipinski definition) is 3. The number of nitrogens with two attached hydrogens (primary N) is 1. The molecule has 0 bridgehead atoms. The molecule has 0 unspecified atom stereocenters. The average Bonchev–Trinajstić information content (AvgIpc) is 2.15. The van der Waals surface area contributed by atoms with Crippen LogP contribution in [0.3, 0.4) is 0 Å². The zero-order valence-corrected chi connectivity index (χ0v) is 16.4. The molecule has 0 rings (SSSR count). The monoisotopic (exact) mass is 330 g/mol. The molecule has 4 N–H and O–H groups in total. The molecule has 0 saturated heterocycles. The minimum absolute atomic E-state index is 0. The van der Waals surface area contributed by atoms with Gasteiger partial charge < -0.3 is 30.9 Å². The maximum absolute atomic E-state index is 9.82. The fraction of sp³-hybridized carbons (Fsp3) is 0.750. The van der Waals surface area contributed by atoms with E-state index in [1.54, 1.807) is 0 Å². The molecule has 9 nitrogen and oxygen atoms in total. The van der Waals surface area contributed by atoms with Crippen LogP contribution in [0.2, 0.25) is 0 Å². The van der Waals surface area contributed by atoms with Crippen molar-refractivity contribution in [1.29, 1.82) is 0 Å². The Labute approximate surface area is 162 Å². The van der Waals surface area contributed by atoms with Crippen LogP contribution in [0.5, 0.6) is 0 Å². The van der Waals surface area contributed by atoms with Crippen LogP contribution in [0.4, 0.5) is 0 Å². The summed E-state index contributed by atoms with van der Waals surface area (Å²) in [6.45, 7) is 0.435. The van der Waals surface area contributed by atoms with E-state index < -0.39 is 22.1 Å². The molecule has 0 aliphatic carbocycles. The van der Waals surface area contributed by atoms with Crippen molar-refractivity contribution < 1.29 is 91.9 Å². The van der Waals surface area contributed by atoms with E-state index in [0.717, 1.165) is 0 Å². The summed E-state index contributed by atoms with van der Waals surface area (Å²) >= 11 is 0. The van der Waals surface area contributed by atoms with Crippen molar-refractivity contribution in [1.82, 2.24) is 5.32 Å². The summed E-state index contributed by atoms with van der Waals surface area (Å²) in [5, 5.41) is 22.2. The number of carbonyl (C=O) groups is 2. The maximum atomic E-state index is 9.82. The van der Waals surface area contributed by atoms with Gasteiger partial charge in [0.1, 0.15) is 0 Å². The molecular formula is C8H16N2Na2O7S. The molecule has 0 aromatic carbocycles. The van der Waals surface area contributed by atoms with Crippen LogP contribution in [0.25, 0.3) is 0 Å². The summed E-state index contributed by atoms with van der Waals surface area (Å²) < 4.78 is 27.3. The number of aliphatic carboxylic acids is 2. The molecule has 12 heteroatoms. The average molecular weight is 330 g/mol. The first-order valence-corrected chi connectivity index (χ1v) is 6.55. The zero-order chi connectivity index (χ0) is 14.6. The minimum Gasteiger partial charge on any atom is -0.550 e. The van der Waals surface area contributed by atoms with Gasteiger partial charge in [0.15, 0.2) is 0 Å². The molecule has 0 atom stereocenters. The van der Waals surface area contributed by atoms with Gasteiger partial charge in [-0.25, -0.2) is 0 Å². The van der Waals surface area contributed by atoms with Gasteiger partial charge in [0, 0.05) is 31.6 Å². The normalized spacial score (nSPS) is 9.30. The number of carboxylic acids is 2. The van der Waals surface area contributed by atoms with Crippen LogP contribution >= 0.6 is 0 Å². The van der Waals surface area contributed by atoms with Gasteiger partial charge in [0.25, 0.3) is 10.1 Å². The second-order valence-electron chi connectivity index (χ2n) is 3.07. The summed E-state index contributed by atoms with van der Waals surface area (Å²) in [5.41, 5.74) is 4.78. The van der Waals surface area contributed by atoms with Crippen LogP contribution < -0.4 is 80.4 Å². The molecule has 20 heavy (non-hydrogen) atoms.